The number of aliphatic hydroxyl groups is 1. The Morgan fingerprint density at radius 3 is 2.64 bits per heavy atom. The Morgan fingerprint density at radius 1 is 1.20 bits per heavy atom. The Labute approximate surface area is 147 Å². The number of hydrogen-bond acceptors (Lipinski definition) is 5. The molecule has 0 bridgehead atoms. The van der Waals surface area contributed by atoms with E-state index in [2.05, 4.69) is 6.58 Å². The molecule has 1 heterocycles. The summed E-state index contributed by atoms with van der Waals surface area (Å²) in [4.78, 5) is 0. The van der Waals surface area contributed by atoms with Gasteiger partial charge in [-0.3, -0.25) is 0 Å². The molecular formula is C20H22O5. The van der Waals surface area contributed by atoms with E-state index in [1.807, 2.05) is 18.2 Å². The van der Waals surface area contributed by atoms with Crippen LogP contribution in [0.5, 0.6) is 23.0 Å². The van der Waals surface area contributed by atoms with Crippen LogP contribution in [0.3, 0.4) is 0 Å². The van der Waals surface area contributed by atoms with Gasteiger partial charge in [0.15, 0.2) is 29.1 Å². The summed E-state index contributed by atoms with van der Waals surface area (Å²) in [5.74, 6) is 1.66. The summed E-state index contributed by atoms with van der Waals surface area (Å²) in [5.41, 5.74) is 2.70. The minimum absolute atomic E-state index is 0.0450. The molecule has 2 aromatic rings. The quantitative estimate of drug-likeness (QED) is 0.817. The van der Waals surface area contributed by atoms with E-state index in [4.69, 9.17) is 14.2 Å². The van der Waals surface area contributed by atoms with Gasteiger partial charge in [0.2, 0.25) is 0 Å². The number of aliphatic hydroxyl groups excluding tert-OH is 1. The lowest BCUT2D eigenvalue weighted by Gasteiger charge is -2.32. The SMILES string of the molecule is C=CCc1cc2c(c(OC)c1)O[C@H](c1ccc(O)c(OC)c1)[C@@H](O)C2. The third kappa shape index (κ3) is 3.28. The zero-order chi connectivity index (χ0) is 18.0. The summed E-state index contributed by atoms with van der Waals surface area (Å²) in [6.07, 6.45) is 1.71. The minimum Gasteiger partial charge on any atom is -0.504 e. The molecule has 1 aliphatic rings. The van der Waals surface area contributed by atoms with Crippen LogP contribution in [0.25, 0.3) is 0 Å². The van der Waals surface area contributed by atoms with E-state index in [9.17, 15) is 10.2 Å². The summed E-state index contributed by atoms with van der Waals surface area (Å²) in [6.45, 7) is 3.76. The van der Waals surface area contributed by atoms with Crippen molar-refractivity contribution in [1.29, 1.82) is 0 Å². The number of fused-ring (bicyclic) bond motifs is 1. The molecule has 5 heteroatoms. The first-order valence-electron chi connectivity index (χ1n) is 8.09. The molecule has 0 amide bonds. The van der Waals surface area contributed by atoms with Crippen molar-refractivity contribution < 1.29 is 24.4 Å². The fourth-order valence-corrected chi connectivity index (χ4v) is 3.14. The number of allylic oxidation sites excluding steroid dienone is 1. The number of aromatic hydroxyl groups is 1. The lowest BCUT2D eigenvalue weighted by Crippen LogP contribution is -2.30. The Bertz CT molecular complexity index is 784. The van der Waals surface area contributed by atoms with Crippen molar-refractivity contribution in [3.63, 3.8) is 0 Å². The molecule has 25 heavy (non-hydrogen) atoms. The fraction of sp³-hybridized carbons (Fsp3) is 0.300. The van der Waals surface area contributed by atoms with Crippen molar-refractivity contribution in [2.75, 3.05) is 14.2 Å². The van der Waals surface area contributed by atoms with E-state index in [0.29, 0.717) is 23.7 Å². The molecule has 0 aromatic heterocycles. The van der Waals surface area contributed by atoms with E-state index in [-0.39, 0.29) is 5.75 Å². The molecule has 5 nitrogen and oxygen atoms in total. The van der Waals surface area contributed by atoms with Gasteiger partial charge < -0.3 is 24.4 Å². The van der Waals surface area contributed by atoms with Gasteiger partial charge in [-0.2, -0.15) is 0 Å². The molecule has 0 fully saturated rings. The zero-order valence-corrected chi connectivity index (χ0v) is 14.4. The third-order valence-corrected chi connectivity index (χ3v) is 4.35. The lowest BCUT2D eigenvalue weighted by molar-refractivity contribution is 0.0188. The number of phenols is 1. The molecule has 0 unspecified atom stereocenters. The Morgan fingerprint density at radius 2 is 1.96 bits per heavy atom. The van der Waals surface area contributed by atoms with Gasteiger partial charge in [0, 0.05) is 12.0 Å². The summed E-state index contributed by atoms with van der Waals surface area (Å²) >= 11 is 0. The van der Waals surface area contributed by atoms with Gasteiger partial charge in [0.1, 0.15) is 0 Å². The number of rotatable bonds is 5. The summed E-state index contributed by atoms with van der Waals surface area (Å²) in [6, 6.07) is 8.86. The number of benzene rings is 2. The van der Waals surface area contributed by atoms with Crippen LogP contribution in [0.15, 0.2) is 43.0 Å². The molecule has 0 radical (unpaired) electrons. The highest BCUT2D eigenvalue weighted by Crippen LogP contribution is 2.43. The largest absolute Gasteiger partial charge is 0.504 e. The number of ether oxygens (including phenoxy) is 3. The Hall–Kier alpha value is -2.66. The van der Waals surface area contributed by atoms with E-state index >= 15 is 0 Å². The number of hydrogen-bond donors (Lipinski definition) is 2. The molecule has 2 aromatic carbocycles. The molecule has 0 saturated carbocycles. The average molecular weight is 342 g/mol. The van der Waals surface area contributed by atoms with Crippen LogP contribution in [-0.4, -0.2) is 30.5 Å². The lowest BCUT2D eigenvalue weighted by atomic mass is 9.92. The van der Waals surface area contributed by atoms with Crippen molar-refractivity contribution in [3.05, 3.63) is 59.7 Å². The first-order chi connectivity index (χ1) is 12.1. The summed E-state index contributed by atoms with van der Waals surface area (Å²) < 4.78 is 16.7. The van der Waals surface area contributed by atoms with Crippen molar-refractivity contribution >= 4 is 0 Å². The van der Waals surface area contributed by atoms with Gasteiger partial charge >= 0.3 is 0 Å². The van der Waals surface area contributed by atoms with Crippen LogP contribution in [0.2, 0.25) is 0 Å². The highest BCUT2D eigenvalue weighted by atomic mass is 16.5. The highest BCUT2D eigenvalue weighted by Gasteiger charge is 2.32. The van der Waals surface area contributed by atoms with Crippen LogP contribution >= 0.6 is 0 Å². The van der Waals surface area contributed by atoms with Gasteiger partial charge in [0.25, 0.3) is 0 Å². The van der Waals surface area contributed by atoms with Crippen LogP contribution in [0.1, 0.15) is 22.8 Å². The van der Waals surface area contributed by atoms with E-state index in [1.54, 1.807) is 19.2 Å². The second-order valence-corrected chi connectivity index (χ2v) is 6.02. The van der Waals surface area contributed by atoms with E-state index < -0.39 is 12.2 Å². The highest BCUT2D eigenvalue weighted by molar-refractivity contribution is 5.52. The molecule has 0 aliphatic carbocycles. The maximum absolute atomic E-state index is 10.6. The standard InChI is InChI=1S/C20H22O5/c1-4-5-12-8-14-10-16(22)19(25-20(14)18(9-12)24-3)13-6-7-15(21)17(11-13)23-2/h4,6-9,11,16,19,21-22H,1,5,10H2,2-3H3/t16-,19+/m0/s1. The third-order valence-electron chi connectivity index (χ3n) is 4.35. The average Bonchev–Trinajstić information content (AvgIpc) is 2.61. The van der Waals surface area contributed by atoms with Gasteiger partial charge in [-0.1, -0.05) is 18.2 Å². The van der Waals surface area contributed by atoms with Crippen LogP contribution in [0.4, 0.5) is 0 Å². The summed E-state index contributed by atoms with van der Waals surface area (Å²) in [5, 5.41) is 20.4. The molecular weight excluding hydrogens is 320 g/mol. The molecule has 0 saturated heterocycles. The first kappa shape index (κ1) is 17.2. The Balaban J connectivity index is 1.99. The van der Waals surface area contributed by atoms with Gasteiger partial charge in [-0.05, 0) is 35.7 Å². The smallest absolute Gasteiger partial charge is 0.165 e. The maximum atomic E-state index is 10.6. The minimum atomic E-state index is -0.717. The van der Waals surface area contributed by atoms with E-state index in [0.717, 1.165) is 23.1 Å². The first-order valence-corrected chi connectivity index (χ1v) is 8.09. The molecule has 3 rings (SSSR count). The molecule has 132 valence electrons. The monoisotopic (exact) mass is 342 g/mol. The molecule has 0 spiro atoms. The topological polar surface area (TPSA) is 68.2 Å². The Kier molecular flexibility index (Phi) is 4.86. The summed E-state index contributed by atoms with van der Waals surface area (Å²) in [7, 11) is 3.08. The number of phenolic OH excluding ortho intramolecular Hbond substituents is 1. The van der Waals surface area contributed by atoms with Gasteiger partial charge in [-0.25, -0.2) is 0 Å². The second-order valence-electron chi connectivity index (χ2n) is 6.02. The predicted octanol–water partition coefficient (Wildman–Crippen LogP) is 3.18. The van der Waals surface area contributed by atoms with Crippen molar-refractivity contribution in [2.45, 2.75) is 25.0 Å². The predicted molar refractivity (Wildman–Crippen MR) is 94.6 cm³/mol. The fourth-order valence-electron chi connectivity index (χ4n) is 3.14. The maximum Gasteiger partial charge on any atom is 0.165 e. The molecule has 1 aliphatic heterocycles. The van der Waals surface area contributed by atoms with Crippen molar-refractivity contribution in [3.8, 4) is 23.0 Å². The van der Waals surface area contributed by atoms with Crippen molar-refractivity contribution in [2.24, 2.45) is 0 Å². The van der Waals surface area contributed by atoms with Crippen molar-refractivity contribution in [1.82, 2.24) is 0 Å². The molecule has 2 N–H and O–H groups in total. The number of methoxy groups -OCH3 is 2. The zero-order valence-electron chi connectivity index (χ0n) is 14.4. The normalized spacial score (nSPS) is 18.8. The van der Waals surface area contributed by atoms with Crippen LogP contribution < -0.4 is 14.2 Å². The van der Waals surface area contributed by atoms with Crippen LogP contribution in [0, 0.1) is 0 Å². The van der Waals surface area contributed by atoms with Gasteiger partial charge in [0.05, 0.1) is 20.3 Å². The molecule has 2 atom stereocenters. The van der Waals surface area contributed by atoms with E-state index in [1.165, 1.54) is 13.2 Å². The van der Waals surface area contributed by atoms with Gasteiger partial charge in [-0.15, -0.1) is 6.58 Å². The van der Waals surface area contributed by atoms with Crippen LogP contribution in [-0.2, 0) is 12.8 Å². The second kappa shape index (κ2) is 7.07.